The first-order valence-corrected chi connectivity index (χ1v) is 10.5. The van der Waals surface area contributed by atoms with Crippen molar-refractivity contribution in [3.05, 3.63) is 36.0 Å². The molecule has 0 bridgehead atoms. The molecule has 3 aromatic rings. The quantitative estimate of drug-likeness (QED) is 0.562. The maximum Gasteiger partial charge on any atom is 0.240 e. The summed E-state index contributed by atoms with van der Waals surface area (Å²) in [6.45, 7) is 9.83. The molecule has 1 amide bonds. The fourth-order valence-electron chi connectivity index (χ4n) is 2.94. The van der Waals surface area contributed by atoms with Crippen LogP contribution in [0.15, 0.2) is 40.0 Å². The van der Waals surface area contributed by atoms with E-state index in [9.17, 15) is 4.79 Å². The standard InChI is InChI=1S/C20H26N6O2S/c1-6-26(7-2)16-10-8-15(9-11-16)18-22-23-20(25(18)5)29-14(4)19(27)21-17-12-13(3)24-28-17/h8-12,14H,6-7H2,1-5H3,(H,21,27). The number of anilines is 2. The van der Waals surface area contributed by atoms with E-state index in [0.29, 0.717) is 16.7 Å². The molecule has 3 rings (SSSR count). The number of aromatic nitrogens is 4. The van der Waals surface area contributed by atoms with Gasteiger partial charge in [-0.05, 0) is 52.0 Å². The van der Waals surface area contributed by atoms with Gasteiger partial charge in [0.2, 0.25) is 11.8 Å². The first-order chi connectivity index (χ1) is 13.9. The third-order valence-electron chi connectivity index (χ3n) is 4.61. The molecule has 0 radical (unpaired) electrons. The number of rotatable bonds is 8. The van der Waals surface area contributed by atoms with Crippen LogP contribution in [0, 0.1) is 6.92 Å². The molecule has 0 saturated heterocycles. The third kappa shape index (κ3) is 4.79. The van der Waals surface area contributed by atoms with E-state index in [1.54, 1.807) is 13.0 Å². The maximum atomic E-state index is 12.4. The molecule has 0 spiro atoms. The van der Waals surface area contributed by atoms with Crippen molar-refractivity contribution in [2.75, 3.05) is 23.3 Å². The van der Waals surface area contributed by atoms with Crippen molar-refractivity contribution in [3.8, 4) is 11.4 Å². The van der Waals surface area contributed by atoms with Gasteiger partial charge >= 0.3 is 0 Å². The van der Waals surface area contributed by atoms with E-state index in [-0.39, 0.29) is 11.2 Å². The van der Waals surface area contributed by atoms with E-state index in [4.69, 9.17) is 4.52 Å². The Hall–Kier alpha value is -2.81. The summed E-state index contributed by atoms with van der Waals surface area (Å²) in [5, 5.41) is 15.4. The third-order valence-corrected chi connectivity index (χ3v) is 5.75. The first kappa shape index (κ1) is 20.9. The second-order valence-corrected chi connectivity index (χ2v) is 7.97. The van der Waals surface area contributed by atoms with Crippen LogP contribution in [-0.4, -0.2) is 44.2 Å². The number of hydrogen-bond donors (Lipinski definition) is 1. The number of carbonyl (C=O) groups is 1. The van der Waals surface area contributed by atoms with Crippen molar-refractivity contribution < 1.29 is 9.32 Å². The lowest BCUT2D eigenvalue weighted by molar-refractivity contribution is -0.115. The van der Waals surface area contributed by atoms with Gasteiger partial charge in [0.15, 0.2) is 11.0 Å². The molecule has 1 aromatic carbocycles. The summed E-state index contributed by atoms with van der Waals surface area (Å²) in [4.78, 5) is 14.7. The SMILES string of the molecule is CCN(CC)c1ccc(-c2nnc(SC(C)C(=O)Nc3cc(C)no3)n2C)cc1. The Morgan fingerprint density at radius 2 is 1.93 bits per heavy atom. The fourth-order valence-corrected chi connectivity index (χ4v) is 3.75. The second kappa shape index (κ2) is 9.13. The minimum absolute atomic E-state index is 0.181. The van der Waals surface area contributed by atoms with Crippen LogP contribution in [0.2, 0.25) is 0 Å². The second-order valence-electron chi connectivity index (χ2n) is 6.67. The molecule has 0 saturated carbocycles. The van der Waals surface area contributed by atoms with Crippen molar-refractivity contribution in [1.82, 2.24) is 19.9 Å². The molecular formula is C20H26N6O2S. The van der Waals surface area contributed by atoms with E-state index < -0.39 is 0 Å². The summed E-state index contributed by atoms with van der Waals surface area (Å²) in [6.07, 6.45) is 0. The zero-order chi connectivity index (χ0) is 21.0. The number of benzene rings is 1. The summed E-state index contributed by atoms with van der Waals surface area (Å²) in [6, 6.07) is 9.97. The summed E-state index contributed by atoms with van der Waals surface area (Å²) < 4.78 is 6.94. The lowest BCUT2D eigenvalue weighted by Gasteiger charge is -2.21. The van der Waals surface area contributed by atoms with Crippen molar-refractivity contribution >= 4 is 29.2 Å². The molecule has 0 aliphatic heterocycles. The van der Waals surface area contributed by atoms with Crippen LogP contribution < -0.4 is 10.2 Å². The summed E-state index contributed by atoms with van der Waals surface area (Å²) in [5.41, 5.74) is 2.88. The van der Waals surface area contributed by atoms with Gasteiger partial charge in [-0.2, -0.15) is 0 Å². The molecule has 1 unspecified atom stereocenters. The van der Waals surface area contributed by atoms with E-state index in [0.717, 1.165) is 24.5 Å². The van der Waals surface area contributed by atoms with Gasteiger partial charge in [0.25, 0.3) is 0 Å². The van der Waals surface area contributed by atoms with Gasteiger partial charge in [-0.15, -0.1) is 10.2 Å². The number of nitrogens with one attached hydrogen (secondary N) is 1. The van der Waals surface area contributed by atoms with Crippen LogP contribution in [-0.2, 0) is 11.8 Å². The maximum absolute atomic E-state index is 12.4. The Labute approximate surface area is 174 Å². The molecule has 1 atom stereocenters. The monoisotopic (exact) mass is 414 g/mol. The Kier molecular flexibility index (Phi) is 6.58. The molecule has 2 aromatic heterocycles. The van der Waals surface area contributed by atoms with Crippen LogP contribution >= 0.6 is 11.8 Å². The molecule has 0 aliphatic carbocycles. The average molecular weight is 415 g/mol. The molecule has 2 heterocycles. The van der Waals surface area contributed by atoms with Gasteiger partial charge in [0, 0.05) is 37.5 Å². The van der Waals surface area contributed by atoms with Crippen molar-refractivity contribution in [3.63, 3.8) is 0 Å². The van der Waals surface area contributed by atoms with Crippen LogP contribution in [0.5, 0.6) is 0 Å². The van der Waals surface area contributed by atoms with E-state index in [2.05, 4.69) is 63.7 Å². The van der Waals surface area contributed by atoms with Gasteiger partial charge in [0.1, 0.15) is 0 Å². The lowest BCUT2D eigenvalue weighted by Crippen LogP contribution is -2.22. The minimum Gasteiger partial charge on any atom is -0.372 e. The Morgan fingerprint density at radius 3 is 2.52 bits per heavy atom. The zero-order valence-electron chi connectivity index (χ0n) is 17.3. The van der Waals surface area contributed by atoms with Crippen LogP contribution in [0.25, 0.3) is 11.4 Å². The van der Waals surface area contributed by atoms with Crippen molar-refractivity contribution in [2.24, 2.45) is 7.05 Å². The number of carbonyl (C=O) groups excluding carboxylic acids is 1. The van der Waals surface area contributed by atoms with E-state index in [1.807, 2.05) is 18.5 Å². The summed E-state index contributed by atoms with van der Waals surface area (Å²) in [7, 11) is 1.90. The largest absolute Gasteiger partial charge is 0.372 e. The smallest absolute Gasteiger partial charge is 0.240 e. The number of thioether (sulfide) groups is 1. The lowest BCUT2D eigenvalue weighted by atomic mass is 10.2. The number of nitrogens with zero attached hydrogens (tertiary/aromatic N) is 5. The molecule has 1 N–H and O–H groups in total. The van der Waals surface area contributed by atoms with Crippen LogP contribution in [0.4, 0.5) is 11.6 Å². The molecule has 154 valence electrons. The van der Waals surface area contributed by atoms with Crippen molar-refractivity contribution in [1.29, 1.82) is 0 Å². The number of hydrogen-bond acceptors (Lipinski definition) is 7. The van der Waals surface area contributed by atoms with E-state index in [1.165, 1.54) is 17.4 Å². The predicted octanol–water partition coefficient (Wildman–Crippen LogP) is 3.74. The van der Waals surface area contributed by atoms with Gasteiger partial charge in [-0.1, -0.05) is 16.9 Å². The highest BCUT2D eigenvalue weighted by Crippen LogP contribution is 2.27. The molecule has 29 heavy (non-hydrogen) atoms. The molecule has 0 fully saturated rings. The number of amides is 1. The van der Waals surface area contributed by atoms with Gasteiger partial charge < -0.3 is 14.0 Å². The Bertz CT molecular complexity index is 962. The predicted molar refractivity (Wildman–Crippen MR) is 115 cm³/mol. The van der Waals surface area contributed by atoms with Gasteiger partial charge in [-0.25, -0.2) is 0 Å². The number of aryl methyl sites for hydroxylation is 1. The minimum atomic E-state index is -0.374. The average Bonchev–Trinajstić information content (AvgIpc) is 3.29. The van der Waals surface area contributed by atoms with E-state index >= 15 is 0 Å². The molecule has 0 aliphatic rings. The molecule has 8 nitrogen and oxygen atoms in total. The normalized spacial score (nSPS) is 12.0. The summed E-state index contributed by atoms with van der Waals surface area (Å²) >= 11 is 1.34. The Balaban J connectivity index is 1.69. The van der Waals surface area contributed by atoms with Crippen LogP contribution in [0.3, 0.4) is 0 Å². The van der Waals surface area contributed by atoms with Crippen molar-refractivity contribution in [2.45, 2.75) is 38.1 Å². The van der Waals surface area contributed by atoms with Gasteiger partial charge in [0.05, 0.1) is 10.9 Å². The highest BCUT2D eigenvalue weighted by Gasteiger charge is 2.20. The highest BCUT2D eigenvalue weighted by atomic mass is 32.2. The zero-order valence-corrected chi connectivity index (χ0v) is 18.2. The van der Waals surface area contributed by atoms with Gasteiger partial charge in [-0.3, -0.25) is 10.1 Å². The first-order valence-electron chi connectivity index (χ1n) is 9.58. The fraction of sp³-hybridized carbons (Fsp3) is 0.400. The highest BCUT2D eigenvalue weighted by molar-refractivity contribution is 8.00. The molecule has 9 heteroatoms. The Morgan fingerprint density at radius 1 is 1.24 bits per heavy atom. The topological polar surface area (TPSA) is 89.1 Å². The molecular weight excluding hydrogens is 388 g/mol. The summed E-state index contributed by atoms with van der Waals surface area (Å²) in [5.74, 6) is 0.920. The van der Waals surface area contributed by atoms with Crippen LogP contribution in [0.1, 0.15) is 26.5 Å².